The van der Waals surface area contributed by atoms with Gasteiger partial charge in [0.05, 0.1) is 5.60 Å². The van der Waals surface area contributed by atoms with Crippen molar-refractivity contribution < 1.29 is 14.2 Å². The first-order valence-electron chi connectivity index (χ1n) is 7.58. The topological polar surface area (TPSA) is 41.5 Å². The molecular formula is C17H28FNO2. The fourth-order valence-corrected chi connectivity index (χ4v) is 1.88. The molecule has 0 unspecified atom stereocenters. The van der Waals surface area contributed by atoms with Crippen molar-refractivity contribution in [2.24, 2.45) is 0 Å². The summed E-state index contributed by atoms with van der Waals surface area (Å²) in [7, 11) is 0. The Labute approximate surface area is 127 Å². The summed E-state index contributed by atoms with van der Waals surface area (Å²) in [6.45, 7) is 10.6. The number of para-hydroxylation sites is 1. The number of ether oxygens (including phenoxy) is 1. The summed E-state index contributed by atoms with van der Waals surface area (Å²) in [5, 5.41) is 13.6. The molecule has 0 fully saturated rings. The molecule has 4 heteroatoms. The third-order valence-electron chi connectivity index (χ3n) is 3.66. The number of nitrogens with one attached hydrogen (secondary N) is 1. The van der Waals surface area contributed by atoms with Crippen LogP contribution in [0.2, 0.25) is 0 Å². The lowest BCUT2D eigenvalue weighted by molar-refractivity contribution is -0.0126. The van der Waals surface area contributed by atoms with Crippen LogP contribution in [0.3, 0.4) is 0 Å². The Kier molecular flexibility index (Phi) is 6.17. The molecule has 1 aromatic rings. The Hall–Kier alpha value is -1.13. The quantitative estimate of drug-likeness (QED) is 0.807. The van der Waals surface area contributed by atoms with Crippen LogP contribution < -0.4 is 10.1 Å². The molecule has 0 aliphatic carbocycles. The molecule has 2 N–H and O–H groups in total. The van der Waals surface area contributed by atoms with Gasteiger partial charge in [0.1, 0.15) is 6.61 Å². The molecule has 0 aliphatic rings. The van der Waals surface area contributed by atoms with Gasteiger partial charge in [0.25, 0.3) is 0 Å². The predicted molar refractivity (Wildman–Crippen MR) is 84.0 cm³/mol. The van der Waals surface area contributed by atoms with E-state index in [1.54, 1.807) is 6.07 Å². The van der Waals surface area contributed by atoms with Crippen molar-refractivity contribution in [1.82, 2.24) is 5.32 Å². The van der Waals surface area contributed by atoms with Crippen LogP contribution in [-0.4, -0.2) is 22.9 Å². The van der Waals surface area contributed by atoms with Gasteiger partial charge in [-0.3, -0.25) is 0 Å². The van der Waals surface area contributed by atoms with Crippen LogP contribution in [0.1, 0.15) is 53.0 Å². The molecular weight excluding hydrogens is 269 g/mol. The van der Waals surface area contributed by atoms with Crippen LogP contribution in [0.5, 0.6) is 5.75 Å². The van der Waals surface area contributed by atoms with E-state index in [4.69, 9.17) is 4.74 Å². The van der Waals surface area contributed by atoms with Crippen LogP contribution in [0, 0.1) is 5.82 Å². The zero-order chi connectivity index (χ0) is 16.1. The fourth-order valence-electron chi connectivity index (χ4n) is 1.88. The van der Waals surface area contributed by atoms with E-state index in [1.807, 2.05) is 19.9 Å². The van der Waals surface area contributed by atoms with E-state index >= 15 is 0 Å². The van der Waals surface area contributed by atoms with Gasteiger partial charge in [-0.15, -0.1) is 0 Å². The predicted octanol–water partition coefficient (Wildman–Crippen LogP) is 3.64. The van der Waals surface area contributed by atoms with Gasteiger partial charge < -0.3 is 15.2 Å². The summed E-state index contributed by atoms with van der Waals surface area (Å²) >= 11 is 0. The maximum absolute atomic E-state index is 14.0. The van der Waals surface area contributed by atoms with Crippen LogP contribution in [0.15, 0.2) is 18.2 Å². The number of aliphatic hydroxyl groups is 1. The smallest absolute Gasteiger partial charge is 0.165 e. The number of hydrogen-bond acceptors (Lipinski definition) is 3. The maximum atomic E-state index is 14.0. The van der Waals surface area contributed by atoms with Gasteiger partial charge in [0.2, 0.25) is 0 Å². The van der Waals surface area contributed by atoms with Crippen LogP contribution in [0.4, 0.5) is 4.39 Å². The van der Waals surface area contributed by atoms with Gasteiger partial charge in [-0.2, -0.15) is 0 Å². The average molecular weight is 297 g/mol. The van der Waals surface area contributed by atoms with Crippen LogP contribution in [0.25, 0.3) is 0 Å². The van der Waals surface area contributed by atoms with Crippen molar-refractivity contribution in [1.29, 1.82) is 0 Å². The number of benzene rings is 1. The molecule has 1 aromatic carbocycles. The van der Waals surface area contributed by atoms with Crippen LogP contribution >= 0.6 is 0 Å². The van der Waals surface area contributed by atoms with Gasteiger partial charge in [-0.25, -0.2) is 4.39 Å². The minimum absolute atomic E-state index is 0.0584. The normalized spacial score (nSPS) is 12.5. The first-order chi connectivity index (χ1) is 9.71. The van der Waals surface area contributed by atoms with Gasteiger partial charge >= 0.3 is 0 Å². The third kappa shape index (κ3) is 5.64. The molecule has 0 heterocycles. The lowest BCUT2D eigenvalue weighted by Crippen LogP contribution is -2.36. The summed E-state index contributed by atoms with van der Waals surface area (Å²) in [6, 6.07) is 4.90. The molecule has 0 atom stereocenters. The Morgan fingerprint density at radius 2 is 1.81 bits per heavy atom. The SMILES string of the molecule is CCC(O)(CC)COc1c(F)cccc1CNC(C)(C)C. The van der Waals surface area contributed by atoms with Crippen molar-refractivity contribution in [3.63, 3.8) is 0 Å². The molecule has 0 saturated heterocycles. The van der Waals surface area contributed by atoms with Crippen molar-refractivity contribution in [2.75, 3.05) is 6.61 Å². The van der Waals surface area contributed by atoms with E-state index in [-0.39, 0.29) is 17.9 Å². The first-order valence-corrected chi connectivity index (χ1v) is 7.58. The second-order valence-corrected chi connectivity index (χ2v) is 6.55. The highest BCUT2D eigenvalue weighted by Crippen LogP contribution is 2.25. The van der Waals surface area contributed by atoms with Gasteiger partial charge in [0.15, 0.2) is 11.6 Å². The molecule has 120 valence electrons. The van der Waals surface area contributed by atoms with E-state index in [0.717, 1.165) is 5.56 Å². The first kappa shape index (κ1) is 17.9. The minimum atomic E-state index is -0.906. The highest BCUT2D eigenvalue weighted by atomic mass is 19.1. The largest absolute Gasteiger partial charge is 0.487 e. The highest BCUT2D eigenvalue weighted by molar-refractivity contribution is 5.35. The van der Waals surface area contributed by atoms with Crippen molar-refractivity contribution >= 4 is 0 Å². The summed E-state index contributed by atoms with van der Waals surface area (Å²) < 4.78 is 19.6. The second kappa shape index (κ2) is 7.23. The van der Waals surface area contributed by atoms with E-state index in [2.05, 4.69) is 26.1 Å². The lowest BCUT2D eigenvalue weighted by atomic mass is 9.99. The molecule has 0 radical (unpaired) electrons. The van der Waals surface area contributed by atoms with E-state index in [1.165, 1.54) is 6.07 Å². The van der Waals surface area contributed by atoms with E-state index in [0.29, 0.717) is 19.4 Å². The molecule has 0 aliphatic heterocycles. The minimum Gasteiger partial charge on any atom is -0.487 e. The molecule has 0 spiro atoms. The van der Waals surface area contributed by atoms with E-state index in [9.17, 15) is 9.50 Å². The summed E-state index contributed by atoms with van der Waals surface area (Å²) in [5.74, 6) is -0.160. The Morgan fingerprint density at radius 3 is 2.33 bits per heavy atom. The van der Waals surface area contributed by atoms with Gasteiger partial charge in [-0.1, -0.05) is 26.0 Å². The molecule has 3 nitrogen and oxygen atoms in total. The van der Waals surface area contributed by atoms with Gasteiger partial charge in [0, 0.05) is 17.6 Å². The Balaban J connectivity index is 2.85. The van der Waals surface area contributed by atoms with Crippen molar-refractivity contribution in [3.05, 3.63) is 29.6 Å². The number of halogens is 1. The summed E-state index contributed by atoms with van der Waals surface area (Å²) in [5.41, 5.74) is -0.201. The maximum Gasteiger partial charge on any atom is 0.165 e. The molecule has 1 rings (SSSR count). The zero-order valence-corrected chi connectivity index (χ0v) is 13.8. The van der Waals surface area contributed by atoms with Crippen molar-refractivity contribution in [2.45, 2.75) is 65.1 Å². The fraction of sp³-hybridized carbons (Fsp3) is 0.647. The number of hydrogen-bond donors (Lipinski definition) is 2. The van der Waals surface area contributed by atoms with Crippen LogP contribution in [-0.2, 0) is 6.54 Å². The molecule has 0 amide bonds. The third-order valence-corrected chi connectivity index (χ3v) is 3.66. The molecule has 0 saturated carbocycles. The van der Waals surface area contributed by atoms with E-state index < -0.39 is 11.4 Å². The summed E-state index contributed by atoms with van der Waals surface area (Å²) in [4.78, 5) is 0. The molecule has 0 aromatic heterocycles. The second-order valence-electron chi connectivity index (χ2n) is 6.55. The Morgan fingerprint density at radius 1 is 1.19 bits per heavy atom. The molecule has 0 bridgehead atoms. The van der Waals surface area contributed by atoms with Crippen molar-refractivity contribution in [3.8, 4) is 5.75 Å². The highest BCUT2D eigenvalue weighted by Gasteiger charge is 2.24. The Bertz CT molecular complexity index is 451. The zero-order valence-electron chi connectivity index (χ0n) is 13.8. The lowest BCUT2D eigenvalue weighted by Gasteiger charge is -2.26. The summed E-state index contributed by atoms with van der Waals surface area (Å²) in [6.07, 6.45) is 1.15. The monoisotopic (exact) mass is 297 g/mol. The van der Waals surface area contributed by atoms with Gasteiger partial charge in [-0.05, 0) is 39.7 Å². The molecule has 21 heavy (non-hydrogen) atoms. The number of rotatable bonds is 7. The average Bonchev–Trinajstić information content (AvgIpc) is 2.43. The standard InChI is InChI=1S/C17H28FNO2/c1-6-17(20,7-2)12-21-15-13(9-8-10-14(15)18)11-19-16(3,4)5/h8-10,19-20H,6-7,11-12H2,1-5H3.